The second kappa shape index (κ2) is 5.20. The van der Waals surface area contributed by atoms with Crippen LogP contribution in [0.1, 0.15) is 10.4 Å². The van der Waals surface area contributed by atoms with Gasteiger partial charge in [0.15, 0.2) is 0 Å². The third-order valence-electron chi connectivity index (χ3n) is 2.89. The van der Waals surface area contributed by atoms with E-state index in [1.165, 1.54) is 12.1 Å². The summed E-state index contributed by atoms with van der Waals surface area (Å²) >= 11 is 0. The average molecular weight is 284 g/mol. The Morgan fingerprint density at radius 3 is 2.52 bits per heavy atom. The van der Waals surface area contributed by atoms with Crippen molar-refractivity contribution in [3.05, 3.63) is 76.4 Å². The van der Waals surface area contributed by atoms with E-state index in [0.29, 0.717) is 11.0 Å². The molecule has 1 heterocycles. The number of ether oxygens (including phenoxy) is 1. The minimum atomic E-state index is -0.675. The molecular formula is C16H9FO4. The number of carbonyl (C=O) groups excluding carboxylic acids is 1. The first-order valence-corrected chi connectivity index (χ1v) is 6.14. The van der Waals surface area contributed by atoms with Gasteiger partial charge in [-0.3, -0.25) is 0 Å². The monoisotopic (exact) mass is 284 g/mol. The van der Waals surface area contributed by atoms with Gasteiger partial charge in [0.1, 0.15) is 17.1 Å². The molecule has 5 heteroatoms. The molecule has 0 aliphatic heterocycles. The van der Waals surface area contributed by atoms with E-state index in [1.807, 2.05) is 0 Å². The summed E-state index contributed by atoms with van der Waals surface area (Å²) in [5.74, 6) is -1.01. The molecule has 0 unspecified atom stereocenters. The summed E-state index contributed by atoms with van der Waals surface area (Å²) in [5, 5.41) is 0.507. The number of benzene rings is 2. The first-order chi connectivity index (χ1) is 10.1. The molecule has 104 valence electrons. The number of hydrogen-bond donors (Lipinski definition) is 0. The van der Waals surface area contributed by atoms with Crippen molar-refractivity contribution >= 4 is 16.9 Å². The molecule has 0 N–H and O–H groups in total. The van der Waals surface area contributed by atoms with Gasteiger partial charge in [-0.2, -0.15) is 0 Å². The first-order valence-electron chi connectivity index (χ1n) is 6.14. The summed E-state index contributed by atoms with van der Waals surface area (Å²) < 4.78 is 23.1. The van der Waals surface area contributed by atoms with E-state index < -0.39 is 17.4 Å². The Hall–Kier alpha value is -2.95. The number of hydrogen-bond acceptors (Lipinski definition) is 4. The third-order valence-corrected chi connectivity index (χ3v) is 2.89. The van der Waals surface area contributed by atoms with Crippen LogP contribution in [0.25, 0.3) is 11.0 Å². The Morgan fingerprint density at radius 1 is 1.05 bits per heavy atom. The van der Waals surface area contributed by atoms with Crippen molar-refractivity contribution in [3.8, 4) is 5.75 Å². The van der Waals surface area contributed by atoms with Crippen LogP contribution in [-0.4, -0.2) is 5.97 Å². The highest BCUT2D eigenvalue weighted by molar-refractivity contribution is 5.94. The normalized spacial score (nSPS) is 10.5. The largest absolute Gasteiger partial charge is 0.422 e. The Bertz CT molecular complexity index is 865. The van der Waals surface area contributed by atoms with E-state index in [2.05, 4.69) is 0 Å². The lowest BCUT2D eigenvalue weighted by molar-refractivity contribution is 0.0736. The lowest BCUT2D eigenvalue weighted by Crippen LogP contribution is -2.10. The molecule has 1 aromatic heterocycles. The fourth-order valence-corrected chi connectivity index (χ4v) is 1.91. The quantitative estimate of drug-likeness (QED) is 0.536. The molecule has 0 bridgehead atoms. The third kappa shape index (κ3) is 2.67. The predicted octanol–water partition coefficient (Wildman–Crippen LogP) is 3.15. The van der Waals surface area contributed by atoms with E-state index in [0.717, 1.165) is 18.2 Å². The number of carbonyl (C=O) groups is 1. The molecule has 3 aromatic rings. The van der Waals surface area contributed by atoms with Crippen molar-refractivity contribution in [2.75, 3.05) is 0 Å². The van der Waals surface area contributed by atoms with Crippen molar-refractivity contribution in [2.45, 2.75) is 0 Å². The molecule has 0 aliphatic rings. The fraction of sp³-hybridized carbons (Fsp3) is 0. The Balaban J connectivity index is 2.00. The van der Waals surface area contributed by atoms with Crippen molar-refractivity contribution in [1.29, 1.82) is 0 Å². The van der Waals surface area contributed by atoms with Crippen LogP contribution in [0, 0.1) is 5.82 Å². The zero-order chi connectivity index (χ0) is 14.8. The minimum Gasteiger partial charge on any atom is -0.422 e. The van der Waals surface area contributed by atoms with Gasteiger partial charge in [-0.05, 0) is 36.4 Å². The van der Waals surface area contributed by atoms with Gasteiger partial charge in [-0.15, -0.1) is 0 Å². The number of para-hydroxylation sites is 1. The van der Waals surface area contributed by atoms with Gasteiger partial charge in [-0.25, -0.2) is 14.0 Å². The summed E-state index contributed by atoms with van der Waals surface area (Å²) in [6.45, 7) is 0. The standard InChI is InChI=1S/C16H9FO4/c17-11-7-5-10(6-8-11)16(19)21-14-9-15(18)20-13-4-2-1-3-12(13)14/h1-9H. The van der Waals surface area contributed by atoms with E-state index >= 15 is 0 Å². The topological polar surface area (TPSA) is 56.5 Å². The maximum Gasteiger partial charge on any atom is 0.343 e. The summed E-state index contributed by atoms with van der Waals surface area (Å²) in [6.07, 6.45) is 0. The van der Waals surface area contributed by atoms with Crippen molar-refractivity contribution in [2.24, 2.45) is 0 Å². The second-order valence-corrected chi connectivity index (χ2v) is 4.32. The molecule has 0 saturated heterocycles. The van der Waals surface area contributed by atoms with Gasteiger partial charge in [0.2, 0.25) is 0 Å². The molecule has 0 fully saturated rings. The van der Waals surface area contributed by atoms with Crippen molar-refractivity contribution in [3.63, 3.8) is 0 Å². The van der Waals surface area contributed by atoms with Crippen LogP contribution in [0.5, 0.6) is 5.75 Å². The van der Waals surface area contributed by atoms with Crippen LogP contribution in [0.4, 0.5) is 4.39 Å². The summed E-state index contributed by atoms with van der Waals surface area (Å²) in [5.41, 5.74) is -0.101. The van der Waals surface area contributed by atoms with Gasteiger partial charge < -0.3 is 9.15 Å². The smallest absolute Gasteiger partial charge is 0.343 e. The van der Waals surface area contributed by atoms with E-state index in [-0.39, 0.29) is 11.3 Å². The lowest BCUT2D eigenvalue weighted by Gasteiger charge is -2.06. The van der Waals surface area contributed by atoms with Crippen LogP contribution in [0.3, 0.4) is 0 Å². The maximum absolute atomic E-state index is 12.8. The summed E-state index contributed by atoms with van der Waals surface area (Å²) in [4.78, 5) is 23.5. The highest BCUT2D eigenvalue weighted by Gasteiger charge is 2.12. The average Bonchev–Trinajstić information content (AvgIpc) is 2.47. The van der Waals surface area contributed by atoms with Crippen LogP contribution in [0.15, 0.2) is 63.8 Å². The number of rotatable bonds is 2. The zero-order valence-corrected chi connectivity index (χ0v) is 10.7. The zero-order valence-electron chi connectivity index (χ0n) is 10.7. The molecule has 0 radical (unpaired) electrons. The van der Waals surface area contributed by atoms with Gasteiger partial charge >= 0.3 is 11.6 Å². The van der Waals surface area contributed by atoms with Crippen LogP contribution in [-0.2, 0) is 0 Å². The van der Waals surface area contributed by atoms with Crippen molar-refractivity contribution < 1.29 is 18.3 Å². The SMILES string of the molecule is O=C(Oc1cc(=O)oc2ccccc12)c1ccc(F)cc1. The molecular weight excluding hydrogens is 275 g/mol. The van der Waals surface area contributed by atoms with E-state index in [9.17, 15) is 14.0 Å². The number of halogens is 1. The van der Waals surface area contributed by atoms with Gasteiger partial charge in [-0.1, -0.05) is 12.1 Å². The van der Waals surface area contributed by atoms with Gasteiger partial charge in [0, 0.05) is 0 Å². The molecule has 0 atom stereocenters. The Kier molecular flexibility index (Phi) is 3.23. The highest BCUT2D eigenvalue weighted by Crippen LogP contribution is 2.24. The maximum atomic E-state index is 12.8. The molecule has 21 heavy (non-hydrogen) atoms. The molecule has 0 saturated carbocycles. The summed E-state index contributed by atoms with van der Waals surface area (Å²) in [6, 6.07) is 12.8. The molecule has 0 aliphatic carbocycles. The second-order valence-electron chi connectivity index (χ2n) is 4.32. The number of fused-ring (bicyclic) bond motifs is 1. The molecule has 3 rings (SSSR count). The van der Waals surface area contributed by atoms with Crippen molar-refractivity contribution in [1.82, 2.24) is 0 Å². The molecule has 2 aromatic carbocycles. The summed E-state index contributed by atoms with van der Waals surface area (Å²) in [7, 11) is 0. The predicted molar refractivity (Wildman–Crippen MR) is 73.8 cm³/mol. The molecule has 0 amide bonds. The van der Waals surface area contributed by atoms with E-state index in [4.69, 9.17) is 9.15 Å². The fourth-order valence-electron chi connectivity index (χ4n) is 1.91. The van der Waals surface area contributed by atoms with Crippen LogP contribution < -0.4 is 10.4 Å². The Morgan fingerprint density at radius 2 is 1.76 bits per heavy atom. The highest BCUT2D eigenvalue weighted by atomic mass is 19.1. The van der Waals surface area contributed by atoms with E-state index in [1.54, 1.807) is 24.3 Å². The van der Waals surface area contributed by atoms with Crippen LogP contribution >= 0.6 is 0 Å². The first kappa shape index (κ1) is 13.1. The molecule has 4 nitrogen and oxygen atoms in total. The Labute approximate surface area is 118 Å². The molecule has 0 spiro atoms. The van der Waals surface area contributed by atoms with Gasteiger partial charge in [0.25, 0.3) is 0 Å². The minimum absolute atomic E-state index is 0.108. The van der Waals surface area contributed by atoms with Crippen LogP contribution in [0.2, 0.25) is 0 Å². The lowest BCUT2D eigenvalue weighted by atomic mass is 10.2. The van der Waals surface area contributed by atoms with Gasteiger partial charge in [0.05, 0.1) is 17.0 Å². The number of esters is 1.